The molecule has 3 aromatic carbocycles. The highest BCUT2D eigenvalue weighted by molar-refractivity contribution is 7.80. The molecule has 0 heterocycles. The monoisotopic (exact) mass is 394 g/mol. The van der Waals surface area contributed by atoms with E-state index in [2.05, 4.69) is 24.4 Å². The predicted octanol–water partition coefficient (Wildman–Crippen LogP) is 5.93. The molecule has 0 aliphatic carbocycles. The minimum Gasteiger partial charge on any atom is -0.499 e. The fourth-order valence-corrected chi connectivity index (χ4v) is 2.83. The van der Waals surface area contributed by atoms with Crippen LogP contribution < -0.4 is 0 Å². The third-order valence-electron chi connectivity index (χ3n) is 3.70. The van der Waals surface area contributed by atoms with Crippen molar-refractivity contribution < 1.29 is 9.84 Å². The zero-order valence-corrected chi connectivity index (χ0v) is 16.7. The standard InChI is InChI=1S/C16H16OS.C7H6OS/c1-13(12-14-8-4-2-5-9-14)17-16(18)15-10-6-3-7-11-15;8-7(9)6-4-2-1-3-5-6/h2-11,13H,12H2,1H3;1-5H,(H,8,9). The fraction of sp³-hybridized carbons (Fsp3) is 0.130. The van der Waals surface area contributed by atoms with Gasteiger partial charge in [0.15, 0.2) is 10.1 Å². The molecule has 0 bridgehead atoms. The van der Waals surface area contributed by atoms with E-state index in [1.807, 2.05) is 73.7 Å². The van der Waals surface area contributed by atoms with Gasteiger partial charge >= 0.3 is 0 Å². The first-order valence-electron chi connectivity index (χ1n) is 8.64. The molecule has 2 nitrogen and oxygen atoms in total. The lowest BCUT2D eigenvalue weighted by atomic mass is 10.1. The van der Waals surface area contributed by atoms with Gasteiger partial charge in [-0.25, -0.2) is 0 Å². The first-order chi connectivity index (χ1) is 13.1. The van der Waals surface area contributed by atoms with Crippen LogP contribution in [0.4, 0.5) is 0 Å². The van der Waals surface area contributed by atoms with E-state index in [-0.39, 0.29) is 11.2 Å². The maximum Gasteiger partial charge on any atom is 0.191 e. The maximum absolute atomic E-state index is 8.76. The molecule has 0 spiro atoms. The normalized spacial score (nSPS) is 10.9. The van der Waals surface area contributed by atoms with Gasteiger partial charge in [-0.05, 0) is 36.9 Å². The quantitative estimate of drug-likeness (QED) is 0.543. The second-order valence-corrected chi connectivity index (χ2v) is 6.70. The molecule has 0 aliphatic rings. The SMILES string of the molecule is CC(Cc1ccccc1)OC(=S)c1ccccc1.OC(=S)c1ccccc1. The van der Waals surface area contributed by atoms with E-state index in [9.17, 15) is 0 Å². The molecule has 3 rings (SSSR count). The summed E-state index contributed by atoms with van der Waals surface area (Å²) in [5.74, 6) is 0. The number of hydrogen-bond acceptors (Lipinski definition) is 3. The van der Waals surface area contributed by atoms with E-state index >= 15 is 0 Å². The molecule has 4 heteroatoms. The molecule has 0 saturated carbocycles. The molecular formula is C23H22O2S2. The molecule has 1 atom stereocenters. The molecule has 0 saturated heterocycles. The summed E-state index contributed by atoms with van der Waals surface area (Å²) in [6, 6.07) is 29.2. The van der Waals surface area contributed by atoms with Crippen LogP contribution in [0.25, 0.3) is 0 Å². The molecule has 1 unspecified atom stereocenters. The van der Waals surface area contributed by atoms with Gasteiger partial charge in [0.05, 0.1) is 0 Å². The van der Waals surface area contributed by atoms with E-state index in [0.717, 1.165) is 12.0 Å². The molecule has 0 aromatic heterocycles. The zero-order valence-electron chi connectivity index (χ0n) is 15.1. The Morgan fingerprint density at radius 1 is 0.778 bits per heavy atom. The van der Waals surface area contributed by atoms with Crippen LogP contribution in [-0.2, 0) is 11.2 Å². The Morgan fingerprint density at radius 3 is 1.67 bits per heavy atom. The molecule has 0 radical (unpaired) electrons. The number of aliphatic hydroxyl groups is 1. The third kappa shape index (κ3) is 7.69. The predicted molar refractivity (Wildman–Crippen MR) is 120 cm³/mol. The summed E-state index contributed by atoms with van der Waals surface area (Å²) < 4.78 is 5.77. The number of hydrogen-bond donors (Lipinski definition) is 1. The number of thiocarbonyl (C=S) groups is 2. The molecule has 0 amide bonds. The van der Waals surface area contributed by atoms with Crippen LogP contribution in [0.1, 0.15) is 23.6 Å². The van der Waals surface area contributed by atoms with Crippen LogP contribution >= 0.6 is 24.4 Å². The van der Waals surface area contributed by atoms with Crippen LogP contribution in [0.3, 0.4) is 0 Å². The Balaban J connectivity index is 0.000000244. The lowest BCUT2D eigenvalue weighted by Gasteiger charge is -2.15. The van der Waals surface area contributed by atoms with Crippen LogP contribution in [0.2, 0.25) is 0 Å². The fourth-order valence-electron chi connectivity index (χ4n) is 2.39. The van der Waals surface area contributed by atoms with Gasteiger partial charge in [-0.15, -0.1) is 0 Å². The second kappa shape index (κ2) is 11.2. The average molecular weight is 395 g/mol. The number of aliphatic hydroxyl groups excluding tert-OH is 1. The highest BCUT2D eigenvalue weighted by Crippen LogP contribution is 2.10. The van der Waals surface area contributed by atoms with Crippen molar-refractivity contribution in [3.05, 3.63) is 108 Å². The maximum atomic E-state index is 8.76. The molecule has 3 aromatic rings. The summed E-state index contributed by atoms with van der Waals surface area (Å²) in [4.78, 5) is 0. The zero-order chi connectivity index (χ0) is 19.5. The highest BCUT2D eigenvalue weighted by Gasteiger charge is 2.08. The van der Waals surface area contributed by atoms with Crippen molar-refractivity contribution in [2.45, 2.75) is 19.4 Å². The Kier molecular flexibility index (Phi) is 8.62. The van der Waals surface area contributed by atoms with Crippen molar-refractivity contribution in [2.24, 2.45) is 0 Å². The first kappa shape index (κ1) is 20.7. The van der Waals surface area contributed by atoms with Gasteiger partial charge < -0.3 is 9.84 Å². The summed E-state index contributed by atoms with van der Waals surface area (Å²) in [7, 11) is 0. The van der Waals surface area contributed by atoms with Gasteiger partial charge in [-0.3, -0.25) is 0 Å². The summed E-state index contributed by atoms with van der Waals surface area (Å²) >= 11 is 9.81. The van der Waals surface area contributed by atoms with Gasteiger partial charge in [-0.1, -0.05) is 91.0 Å². The van der Waals surface area contributed by atoms with Crippen LogP contribution in [-0.4, -0.2) is 21.3 Å². The topological polar surface area (TPSA) is 29.5 Å². The van der Waals surface area contributed by atoms with Crippen molar-refractivity contribution in [3.63, 3.8) is 0 Å². The first-order valence-corrected chi connectivity index (χ1v) is 9.46. The van der Waals surface area contributed by atoms with Crippen LogP contribution in [0.5, 0.6) is 0 Å². The van der Waals surface area contributed by atoms with Crippen LogP contribution in [0, 0.1) is 0 Å². The van der Waals surface area contributed by atoms with E-state index in [4.69, 9.17) is 22.1 Å². The Morgan fingerprint density at radius 2 is 1.22 bits per heavy atom. The van der Waals surface area contributed by atoms with E-state index in [1.54, 1.807) is 12.1 Å². The summed E-state index contributed by atoms with van der Waals surface area (Å²) in [6.07, 6.45) is 0.952. The summed E-state index contributed by atoms with van der Waals surface area (Å²) in [5, 5.41) is 9.28. The van der Waals surface area contributed by atoms with Gasteiger partial charge in [0.1, 0.15) is 6.10 Å². The number of benzene rings is 3. The molecular weight excluding hydrogens is 372 g/mol. The molecule has 1 N–H and O–H groups in total. The van der Waals surface area contributed by atoms with E-state index in [0.29, 0.717) is 10.6 Å². The van der Waals surface area contributed by atoms with E-state index < -0.39 is 0 Å². The van der Waals surface area contributed by atoms with Gasteiger partial charge in [0.2, 0.25) is 0 Å². The number of ether oxygens (including phenoxy) is 1. The molecule has 27 heavy (non-hydrogen) atoms. The lowest BCUT2D eigenvalue weighted by molar-refractivity contribution is 0.216. The Bertz CT molecular complexity index is 834. The van der Waals surface area contributed by atoms with Crippen molar-refractivity contribution in [1.82, 2.24) is 0 Å². The minimum absolute atomic E-state index is 0.0457. The van der Waals surface area contributed by atoms with Gasteiger partial charge in [0.25, 0.3) is 0 Å². The van der Waals surface area contributed by atoms with Gasteiger partial charge in [-0.2, -0.15) is 0 Å². The minimum atomic E-state index is -0.0457. The number of rotatable bonds is 5. The highest BCUT2D eigenvalue weighted by atomic mass is 32.1. The van der Waals surface area contributed by atoms with Crippen molar-refractivity contribution in [2.75, 3.05) is 0 Å². The molecule has 0 aliphatic heterocycles. The van der Waals surface area contributed by atoms with Crippen LogP contribution in [0.15, 0.2) is 91.0 Å². The average Bonchev–Trinajstić information content (AvgIpc) is 2.70. The van der Waals surface area contributed by atoms with Crippen molar-refractivity contribution in [1.29, 1.82) is 0 Å². The summed E-state index contributed by atoms with van der Waals surface area (Å²) in [5.41, 5.74) is 2.93. The smallest absolute Gasteiger partial charge is 0.191 e. The van der Waals surface area contributed by atoms with Crippen molar-refractivity contribution in [3.8, 4) is 0 Å². The van der Waals surface area contributed by atoms with Crippen molar-refractivity contribution >= 4 is 34.5 Å². The third-order valence-corrected chi connectivity index (χ3v) is 4.27. The second-order valence-electron chi connectivity index (χ2n) is 5.94. The van der Waals surface area contributed by atoms with Gasteiger partial charge in [0, 0.05) is 17.5 Å². The van der Waals surface area contributed by atoms with E-state index in [1.165, 1.54) is 5.56 Å². The lowest BCUT2D eigenvalue weighted by Crippen LogP contribution is -2.16. The largest absolute Gasteiger partial charge is 0.499 e. The summed E-state index contributed by atoms with van der Waals surface area (Å²) in [6.45, 7) is 2.04. The Hall–Kier alpha value is -2.56. The molecule has 0 fully saturated rings. The Labute approximate surface area is 171 Å². The molecule has 138 valence electrons.